The van der Waals surface area contributed by atoms with Crippen LogP contribution in [0.5, 0.6) is 0 Å². The lowest BCUT2D eigenvalue weighted by Gasteiger charge is -2.37. The molecule has 2 nitrogen and oxygen atoms in total. The van der Waals surface area contributed by atoms with Crippen molar-refractivity contribution in [2.45, 2.75) is 52.6 Å². The molecule has 5 aromatic rings. The molecule has 1 aliphatic heterocycles. The zero-order valence-electron chi connectivity index (χ0n) is 32.0. The second kappa shape index (κ2) is 16.9. The van der Waals surface area contributed by atoms with Crippen LogP contribution in [-0.4, -0.2) is 44.8 Å². The van der Waals surface area contributed by atoms with Gasteiger partial charge in [-0.2, -0.15) is 0 Å². The molecule has 0 radical (unpaired) electrons. The molecule has 1 heterocycles. The van der Waals surface area contributed by atoms with Crippen LogP contribution >= 0.6 is 0 Å². The standard InChI is InChI=1S/C50H54N2Si/c1-5-51(6-2)37-39-27-31-44(32-28-39)50(35-19-12-20-36-50)47-46(41-21-13-9-14-22-41)48(42-23-15-10-16-24-42)53(49(47)43-25-17-11-18-26-43)45-33-29-40(30-34-45)38-52(7-3)8-4/h9-35,53H,5-8,36-38H2,1-4H3. The first-order chi connectivity index (χ1) is 26.1. The number of rotatable bonds is 14. The smallest absolute Gasteiger partial charge is 0.135 e. The van der Waals surface area contributed by atoms with Gasteiger partial charge in [0, 0.05) is 18.5 Å². The second-order valence-corrected chi connectivity index (χ2v) is 17.1. The van der Waals surface area contributed by atoms with Gasteiger partial charge >= 0.3 is 0 Å². The number of hydrogen-bond donors (Lipinski definition) is 0. The molecule has 5 aromatic carbocycles. The zero-order chi connectivity index (χ0) is 36.6. The lowest BCUT2D eigenvalue weighted by atomic mass is 9.66. The maximum atomic E-state index is 2.51. The third-order valence-electron chi connectivity index (χ3n) is 11.5. The van der Waals surface area contributed by atoms with E-state index in [0.29, 0.717) is 0 Å². The Morgan fingerprint density at radius 3 is 1.45 bits per heavy atom. The highest BCUT2D eigenvalue weighted by Gasteiger charge is 2.46. The summed E-state index contributed by atoms with van der Waals surface area (Å²) in [4.78, 5) is 4.99. The van der Waals surface area contributed by atoms with Crippen molar-refractivity contribution in [3.05, 3.63) is 203 Å². The zero-order valence-corrected chi connectivity index (χ0v) is 33.2. The van der Waals surface area contributed by atoms with Gasteiger partial charge in [0.15, 0.2) is 0 Å². The highest BCUT2D eigenvalue weighted by atomic mass is 28.3. The normalized spacial score (nSPS) is 18.5. The van der Waals surface area contributed by atoms with E-state index in [4.69, 9.17) is 0 Å². The van der Waals surface area contributed by atoms with Crippen molar-refractivity contribution in [1.29, 1.82) is 0 Å². The van der Waals surface area contributed by atoms with Crippen molar-refractivity contribution >= 4 is 29.9 Å². The summed E-state index contributed by atoms with van der Waals surface area (Å²) >= 11 is 0. The molecular formula is C50H54N2Si. The molecule has 0 aromatic heterocycles. The molecule has 2 atom stereocenters. The summed E-state index contributed by atoms with van der Waals surface area (Å²) in [5, 5.41) is 4.52. The van der Waals surface area contributed by atoms with Crippen LogP contribution in [0.4, 0.5) is 0 Å². The summed E-state index contributed by atoms with van der Waals surface area (Å²) in [7, 11) is -2.07. The minimum atomic E-state index is -2.07. The largest absolute Gasteiger partial charge is 0.300 e. The van der Waals surface area contributed by atoms with Crippen molar-refractivity contribution in [2.24, 2.45) is 0 Å². The molecule has 268 valence electrons. The average molecular weight is 711 g/mol. The molecule has 0 saturated heterocycles. The van der Waals surface area contributed by atoms with E-state index in [2.05, 4.69) is 201 Å². The van der Waals surface area contributed by atoms with Crippen molar-refractivity contribution in [3.8, 4) is 0 Å². The molecule has 53 heavy (non-hydrogen) atoms. The van der Waals surface area contributed by atoms with Crippen molar-refractivity contribution in [1.82, 2.24) is 9.80 Å². The quantitative estimate of drug-likeness (QED) is 0.106. The van der Waals surface area contributed by atoms with E-state index in [1.807, 2.05) is 0 Å². The van der Waals surface area contributed by atoms with Gasteiger partial charge in [-0.25, -0.2) is 0 Å². The lowest BCUT2D eigenvalue weighted by Crippen LogP contribution is -2.34. The molecule has 0 spiro atoms. The molecular weight excluding hydrogens is 657 g/mol. The summed E-state index contributed by atoms with van der Waals surface area (Å²) in [5.74, 6) is 0. The predicted octanol–water partition coefficient (Wildman–Crippen LogP) is 10.4. The van der Waals surface area contributed by atoms with E-state index in [1.165, 1.54) is 60.1 Å². The SMILES string of the molecule is CCN(CC)Cc1ccc([SiH]2C(c3ccccc3)=C(c3ccccc3)C(C3(c4ccc(CN(CC)CC)cc4)C=CC=CC3)=C2c2ccccc2)cc1. The van der Waals surface area contributed by atoms with Gasteiger partial charge in [0.25, 0.3) is 0 Å². The van der Waals surface area contributed by atoms with Gasteiger partial charge in [0.2, 0.25) is 0 Å². The van der Waals surface area contributed by atoms with Crippen LogP contribution in [0.1, 0.15) is 67.5 Å². The molecule has 2 unspecified atom stereocenters. The minimum absolute atomic E-state index is 0.344. The third kappa shape index (κ3) is 7.52. The number of benzene rings is 5. The Hall–Kier alpha value is -4.80. The van der Waals surface area contributed by atoms with Gasteiger partial charge in [-0.15, -0.1) is 0 Å². The van der Waals surface area contributed by atoms with Gasteiger partial charge in [0.05, 0.1) is 0 Å². The van der Waals surface area contributed by atoms with Crippen LogP contribution in [-0.2, 0) is 18.5 Å². The van der Waals surface area contributed by atoms with Crippen molar-refractivity contribution < 1.29 is 0 Å². The first-order valence-corrected chi connectivity index (χ1v) is 21.5. The first kappa shape index (κ1) is 36.6. The van der Waals surface area contributed by atoms with Crippen molar-refractivity contribution in [3.63, 3.8) is 0 Å². The van der Waals surface area contributed by atoms with Gasteiger partial charge in [-0.1, -0.05) is 197 Å². The first-order valence-electron chi connectivity index (χ1n) is 19.7. The lowest BCUT2D eigenvalue weighted by molar-refractivity contribution is 0.296. The van der Waals surface area contributed by atoms with Crippen LogP contribution in [0.15, 0.2) is 169 Å². The molecule has 0 saturated carbocycles. The molecule has 0 fully saturated rings. The Balaban J connectivity index is 1.53. The fraction of sp³-hybridized carbons (Fsp3) is 0.240. The molecule has 0 N–H and O–H groups in total. The summed E-state index contributed by atoms with van der Waals surface area (Å²) in [6.07, 6.45) is 10.3. The maximum Gasteiger partial charge on any atom is 0.135 e. The van der Waals surface area contributed by atoms with E-state index >= 15 is 0 Å². The number of allylic oxidation sites excluding steroid dienone is 6. The molecule has 2 aliphatic rings. The van der Waals surface area contributed by atoms with E-state index < -0.39 is 8.80 Å². The van der Waals surface area contributed by atoms with E-state index in [-0.39, 0.29) is 5.41 Å². The van der Waals surface area contributed by atoms with Crippen molar-refractivity contribution in [2.75, 3.05) is 26.2 Å². The van der Waals surface area contributed by atoms with Crippen LogP contribution in [0.3, 0.4) is 0 Å². The Morgan fingerprint density at radius 2 is 0.981 bits per heavy atom. The summed E-state index contributed by atoms with van der Waals surface area (Å²) in [6.45, 7) is 15.2. The summed E-state index contributed by atoms with van der Waals surface area (Å²) < 4.78 is 0. The molecule has 0 bridgehead atoms. The maximum absolute atomic E-state index is 2.51. The summed E-state index contributed by atoms with van der Waals surface area (Å²) in [6, 6.07) is 53.3. The topological polar surface area (TPSA) is 6.48 Å². The Labute approximate surface area is 320 Å². The Kier molecular flexibility index (Phi) is 11.7. The number of hydrogen-bond acceptors (Lipinski definition) is 2. The van der Waals surface area contributed by atoms with Gasteiger partial charge in [-0.05, 0) is 87.5 Å². The van der Waals surface area contributed by atoms with E-state index in [0.717, 1.165) is 45.7 Å². The summed E-state index contributed by atoms with van der Waals surface area (Å²) in [5.41, 5.74) is 10.6. The Morgan fingerprint density at radius 1 is 0.509 bits per heavy atom. The highest BCUT2D eigenvalue weighted by Crippen LogP contribution is 2.56. The monoisotopic (exact) mass is 710 g/mol. The number of nitrogens with zero attached hydrogens (tertiary/aromatic N) is 2. The molecule has 0 amide bonds. The van der Waals surface area contributed by atoms with E-state index in [9.17, 15) is 0 Å². The predicted molar refractivity (Wildman–Crippen MR) is 231 cm³/mol. The average Bonchev–Trinajstić information content (AvgIpc) is 3.60. The van der Waals surface area contributed by atoms with E-state index in [1.54, 1.807) is 0 Å². The second-order valence-electron chi connectivity index (χ2n) is 14.4. The fourth-order valence-corrected chi connectivity index (χ4v) is 12.4. The van der Waals surface area contributed by atoms with Crippen LogP contribution in [0, 0.1) is 0 Å². The van der Waals surface area contributed by atoms with Crippen LogP contribution < -0.4 is 5.19 Å². The van der Waals surface area contributed by atoms with Gasteiger partial charge < -0.3 is 0 Å². The van der Waals surface area contributed by atoms with Gasteiger partial charge in [0.1, 0.15) is 8.80 Å². The minimum Gasteiger partial charge on any atom is -0.300 e. The molecule has 1 aliphatic carbocycles. The Bertz CT molecular complexity index is 2070. The molecule has 3 heteroatoms. The molecule has 7 rings (SSSR count). The van der Waals surface area contributed by atoms with Gasteiger partial charge in [-0.3, -0.25) is 9.80 Å². The third-order valence-corrected chi connectivity index (χ3v) is 14.9. The van der Waals surface area contributed by atoms with Crippen LogP contribution in [0.25, 0.3) is 16.0 Å². The van der Waals surface area contributed by atoms with Crippen LogP contribution in [0.2, 0.25) is 0 Å². The fourth-order valence-electron chi connectivity index (χ4n) is 8.56. The highest BCUT2D eigenvalue weighted by molar-refractivity contribution is 7.06.